The zero-order valence-corrected chi connectivity index (χ0v) is 31.2. The van der Waals surface area contributed by atoms with E-state index in [0.29, 0.717) is 23.1 Å². The summed E-state index contributed by atoms with van der Waals surface area (Å²) in [5.41, 5.74) is 2.65. The van der Waals surface area contributed by atoms with E-state index < -0.39 is 28.0 Å². The summed E-state index contributed by atoms with van der Waals surface area (Å²) in [6.07, 6.45) is 4.80. The molecule has 0 aromatic heterocycles. The third-order valence-corrected chi connectivity index (χ3v) is 11.7. The number of sulfonamides is 1. The third kappa shape index (κ3) is 8.94. The van der Waals surface area contributed by atoms with Gasteiger partial charge in [0, 0.05) is 31.0 Å². The third-order valence-electron chi connectivity index (χ3n) is 10.2. The molecule has 52 heavy (non-hydrogen) atoms. The number of carbonyl (C=O) groups excluding carboxylic acids is 2. The normalized spacial score (nSPS) is 16.3. The Balaban J connectivity index is 1.22. The van der Waals surface area contributed by atoms with Gasteiger partial charge < -0.3 is 20.1 Å². The van der Waals surface area contributed by atoms with Gasteiger partial charge in [0.05, 0.1) is 10.9 Å². The Bertz CT molecular complexity index is 1980. The Morgan fingerprint density at radius 1 is 0.827 bits per heavy atom. The number of ether oxygens (including phenoxy) is 2. The van der Waals surface area contributed by atoms with Crippen molar-refractivity contribution in [3.8, 4) is 11.5 Å². The fourth-order valence-corrected chi connectivity index (χ4v) is 8.54. The van der Waals surface area contributed by atoms with Crippen molar-refractivity contribution in [2.75, 3.05) is 13.3 Å². The zero-order chi connectivity index (χ0) is 36.8. The Labute approximate surface area is 307 Å². The number of rotatable bonds is 15. The van der Waals surface area contributed by atoms with E-state index in [9.17, 15) is 18.0 Å². The van der Waals surface area contributed by atoms with Crippen LogP contribution in [0.25, 0.3) is 10.8 Å². The first-order valence-corrected chi connectivity index (χ1v) is 19.8. The van der Waals surface area contributed by atoms with Crippen LogP contribution in [-0.4, -0.2) is 56.6 Å². The van der Waals surface area contributed by atoms with Crippen molar-refractivity contribution in [1.29, 1.82) is 0 Å². The first-order chi connectivity index (χ1) is 25.0. The second-order valence-corrected chi connectivity index (χ2v) is 16.0. The second kappa shape index (κ2) is 16.5. The molecule has 1 aliphatic carbocycles. The molecular weight excluding hydrogens is 677 g/mol. The zero-order valence-electron chi connectivity index (χ0n) is 30.4. The minimum absolute atomic E-state index is 0.0512. The van der Waals surface area contributed by atoms with Gasteiger partial charge in [0.1, 0.15) is 6.04 Å². The van der Waals surface area contributed by atoms with Crippen LogP contribution in [0.3, 0.4) is 0 Å². The van der Waals surface area contributed by atoms with Crippen LogP contribution < -0.4 is 24.8 Å². The number of hydrogen-bond acceptors (Lipinski definition) is 7. The van der Waals surface area contributed by atoms with Crippen LogP contribution in [0.1, 0.15) is 88.4 Å². The molecule has 0 saturated heterocycles. The number of carbonyl (C=O) groups is 2. The molecule has 0 radical (unpaired) electrons. The number of fused-ring (bicyclic) bond motifs is 2. The van der Waals surface area contributed by atoms with E-state index in [2.05, 4.69) is 39.3 Å². The van der Waals surface area contributed by atoms with Crippen molar-refractivity contribution < 1.29 is 27.5 Å². The Kier molecular flexibility index (Phi) is 11.8. The van der Waals surface area contributed by atoms with Gasteiger partial charge in [0.25, 0.3) is 0 Å². The maximum Gasteiger partial charge on any atom is 0.243 e. The lowest BCUT2D eigenvalue weighted by Crippen LogP contribution is -2.51. The molecule has 4 aromatic carbocycles. The average molecular weight is 727 g/mol. The quantitative estimate of drug-likeness (QED) is 0.127. The summed E-state index contributed by atoms with van der Waals surface area (Å²) in [7, 11) is -4.08. The van der Waals surface area contributed by atoms with Crippen LogP contribution in [0, 0.1) is 0 Å². The van der Waals surface area contributed by atoms with E-state index in [1.165, 1.54) is 31.2 Å². The summed E-state index contributed by atoms with van der Waals surface area (Å²) < 4.78 is 41.5. The largest absolute Gasteiger partial charge is 0.454 e. The molecule has 1 saturated carbocycles. The van der Waals surface area contributed by atoms with Crippen LogP contribution in [0.4, 0.5) is 0 Å². The van der Waals surface area contributed by atoms with Crippen molar-refractivity contribution in [3.63, 3.8) is 0 Å². The van der Waals surface area contributed by atoms with Crippen LogP contribution in [0.5, 0.6) is 11.5 Å². The monoisotopic (exact) mass is 726 g/mol. The topological polar surface area (TPSA) is 126 Å². The van der Waals surface area contributed by atoms with Crippen LogP contribution in [-0.2, 0) is 26.2 Å². The molecule has 4 aromatic rings. The highest BCUT2D eigenvalue weighted by Crippen LogP contribution is 2.35. The first-order valence-electron chi connectivity index (χ1n) is 18.3. The molecule has 10 nitrogen and oxygen atoms in total. The van der Waals surface area contributed by atoms with E-state index in [4.69, 9.17) is 9.47 Å². The smallest absolute Gasteiger partial charge is 0.243 e. The second-order valence-electron chi connectivity index (χ2n) is 14.2. The maximum atomic E-state index is 13.9. The number of hydrogen-bond donors (Lipinski definition) is 3. The van der Waals surface area contributed by atoms with Gasteiger partial charge in [-0.25, -0.2) is 13.1 Å². The molecule has 3 unspecified atom stereocenters. The van der Waals surface area contributed by atoms with E-state index in [1.807, 2.05) is 57.2 Å². The molecule has 6 rings (SSSR count). The summed E-state index contributed by atoms with van der Waals surface area (Å²) in [5.74, 6) is -0.159. The Morgan fingerprint density at radius 3 is 2.23 bits per heavy atom. The lowest BCUT2D eigenvalue weighted by molar-refractivity contribution is -0.130. The highest BCUT2D eigenvalue weighted by molar-refractivity contribution is 7.89. The number of amides is 2. The molecule has 2 amide bonds. The van der Waals surface area contributed by atoms with E-state index in [0.717, 1.165) is 29.4 Å². The average Bonchev–Trinajstić information content (AvgIpc) is 3.85. The molecule has 276 valence electrons. The summed E-state index contributed by atoms with van der Waals surface area (Å²) in [6.45, 7) is 9.80. The summed E-state index contributed by atoms with van der Waals surface area (Å²) in [6, 6.07) is 24.4. The summed E-state index contributed by atoms with van der Waals surface area (Å²) in [5, 5.41) is 7.62. The molecule has 3 N–H and O–H groups in total. The predicted octanol–water partition coefficient (Wildman–Crippen LogP) is 6.56. The summed E-state index contributed by atoms with van der Waals surface area (Å²) in [4.78, 5) is 30.2. The highest BCUT2D eigenvalue weighted by Gasteiger charge is 2.32. The van der Waals surface area contributed by atoms with Gasteiger partial charge in [0.15, 0.2) is 11.5 Å². The van der Waals surface area contributed by atoms with Crippen molar-refractivity contribution >= 4 is 32.6 Å². The van der Waals surface area contributed by atoms with Gasteiger partial charge in [-0.1, -0.05) is 87.4 Å². The van der Waals surface area contributed by atoms with Crippen molar-refractivity contribution in [2.24, 2.45) is 0 Å². The lowest BCUT2D eigenvalue weighted by atomic mass is 9.91. The first kappa shape index (κ1) is 37.3. The van der Waals surface area contributed by atoms with Gasteiger partial charge in [-0.15, -0.1) is 0 Å². The molecule has 1 fully saturated rings. The molecule has 1 heterocycles. The van der Waals surface area contributed by atoms with Crippen molar-refractivity contribution in [3.05, 3.63) is 102 Å². The molecule has 1 aliphatic heterocycles. The lowest BCUT2D eigenvalue weighted by Gasteiger charge is -2.28. The van der Waals surface area contributed by atoms with Gasteiger partial charge >= 0.3 is 0 Å². The summed E-state index contributed by atoms with van der Waals surface area (Å²) >= 11 is 0. The fraction of sp³-hybridized carbons (Fsp3) is 0.415. The fourth-order valence-electron chi connectivity index (χ4n) is 7.28. The number of nitrogens with zero attached hydrogens (tertiary/aromatic N) is 1. The molecule has 11 heteroatoms. The minimum Gasteiger partial charge on any atom is -0.454 e. The molecule has 3 atom stereocenters. The molecular formula is C41H50N4O6S. The highest BCUT2D eigenvalue weighted by atomic mass is 32.2. The van der Waals surface area contributed by atoms with E-state index in [-0.39, 0.29) is 36.0 Å². The van der Waals surface area contributed by atoms with Gasteiger partial charge in [-0.2, -0.15) is 0 Å². The van der Waals surface area contributed by atoms with Gasteiger partial charge in [-0.05, 0) is 85.0 Å². The van der Waals surface area contributed by atoms with Crippen LogP contribution in [0.2, 0.25) is 0 Å². The van der Waals surface area contributed by atoms with Crippen molar-refractivity contribution in [1.82, 2.24) is 20.3 Å². The predicted molar refractivity (Wildman–Crippen MR) is 203 cm³/mol. The molecule has 0 spiro atoms. The Morgan fingerprint density at radius 2 is 1.52 bits per heavy atom. The van der Waals surface area contributed by atoms with Gasteiger partial charge in [-0.3, -0.25) is 14.5 Å². The van der Waals surface area contributed by atoms with Crippen LogP contribution in [0.15, 0.2) is 89.8 Å². The van der Waals surface area contributed by atoms with Crippen LogP contribution >= 0.6 is 0 Å². The van der Waals surface area contributed by atoms with E-state index >= 15 is 0 Å². The van der Waals surface area contributed by atoms with E-state index in [1.54, 1.807) is 36.4 Å². The van der Waals surface area contributed by atoms with Crippen molar-refractivity contribution in [2.45, 2.75) is 101 Å². The Hall–Kier alpha value is -4.45. The number of nitrogens with one attached hydrogen (secondary N) is 3. The maximum absolute atomic E-state index is 13.9. The molecule has 0 bridgehead atoms. The molecule has 2 aliphatic rings. The SMILES string of the molecule is CCN(Cc1ccc(C(C)C(NC(=O)CC(NS(=O)(=O)c2ccc3ccccc3c2)c2ccc3c(c2)OCO3)C(=O)NC(C)C)cc1)C1CCCC1. The minimum atomic E-state index is -4.08. The standard InChI is InChI=1S/C41H50N4O6S/c1-5-45(34-12-8-9-13-34)25-29-14-16-30(17-15-29)28(4)40(41(47)42-27(2)3)43-39(46)24-36(33-19-21-37-38(23-33)51-26-50-37)44-52(48,49)35-20-18-31-10-6-7-11-32(31)22-35/h6-7,10-11,14-23,27-28,34,36,40,44H,5,8-9,12-13,24-26H2,1-4H3,(H,42,47)(H,43,46). The number of benzene rings is 4. The van der Waals surface area contributed by atoms with Gasteiger partial charge in [0.2, 0.25) is 28.6 Å².